The lowest BCUT2D eigenvalue weighted by Crippen LogP contribution is -1.86. The summed E-state index contributed by atoms with van der Waals surface area (Å²) in [7, 11) is 0. The Morgan fingerprint density at radius 2 is 1.60 bits per heavy atom. The average Bonchev–Trinajstić information content (AvgIpc) is 2.62. The summed E-state index contributed by atoms with van der Waals surface area (Å²) in [5, 5.41) is 38.7. The zero-order chi connectivity index (χ0) is 17.8. The molecule has 0 aliphatic heterocycles. The molecule has 0 saturated carbocycles. The van der Waals surface area contributed by atoms with E-state index in [0.29, 0.717) is 5.56 Å². The van der Waals surface area contributed by atoms with Gasteiger partial charge in [0.1, 0.15) is 22.9 Å². The first-order valence-electron chi connectivity index (χ1n) is 7.33. The summed E-state index contributed by atoms with van der Waals surface area (Å²) < 4.78 is 0. The average molecular weight is 335 g/mol. The maximum Gasteiger partial charge on any atom is 0.271 e. The Labute approximate surface area is 142 Å². The summed E-state index contributed by atoms with van der Waals surface area (Å²) in [4.78, 5) is 10.3. The number of nitrogens with zero attached hydrogens (tertiary/aromatic N) is 3. The highest BCUT2D eigenvalue weighted by atomic mass is 16.6. The number of non-ortho nitro benzene ring substituents is 1. The van der Waals surface area contributed by atoms with Gasteiger partial charge in [-0.15, -0.1) is 10.2 Å². The first kappa shape index (κ1) is 16.1. The summed E-state index contributed by atoms with van der Waals surface area (Å²) in [6.07, 6.45) is 0. The normalized spacial score (nSPS) is 10.9. The third kappa shape index (κ3) is 3.45. The van der Waals surface area contributed by atoms with E-state index in [1.165, 1.54) is 18.2 Å². The molecule has 0 spiro atoms. The van der Waals surface area contributed by atoms with Crippen molar-refractivity contribution >= 4 is 17.1 Å². The predicted octanol–water partition coefficient (Wildman–Crippen LogP) is 5.09. The van der Waals surface area contributed by atoms with Gasteiger partial charge in [-0.3, -0.25) is 10.1 Å². The van der Waals surface area contributed by atoms with Gasteiger partial charge in [0, 0.05) is 17.7 Å². The van der Waals surface area contributed by atoms with Crippen LogP contribution in [0.2, 0.25) is 0 Å². The van der Waals surface area contributed by atoms with Gasteiger partial charge in [0.2, 0.25) is 0 Å². The van der Waals surface area contributed by atoms with Gasteiger partial charge in [-0.05, 0) is 17.7 Å². The molecule has 3 rings (SSSR count). The standard InChI is InChI=1S/C18H13N3O4/c22-16-10-9-13(21(24)25)11-15(16)19-20-18-14(7-4-8-17(18)23)12-5-2-1-3-6-12/h1-11,22-23H. The van der Waals surface area contributed by atoms with Gasteiger partial charge in [-0.25, -0.2) is 0 Å². The largest absolute Gasteiger partial charge is 0.506 e. The van der Waals surface area contributed by atoms with Crippen LogP contribution in [0.4, 0.5) is 17.1 Å². The van der Waals surface area contributed by atoms with E-state index in [1.807, 2.05) is 30.3 Å². The van der Waals surface area contributed by atoms with Gasteiger partial charge < -0.3 is 10.2 Å². The molecule has 3 aromatic carbocycles. The van der Waals surface area contributed by atoms with E-state index in [-0.39, 0.29) is 28.6 Å². The van der Waals surface area contributed by atoms with Crippen molar-refractivity contribution in [2.24, 2.45) is 10.2 Å². The van der Waals surface area contributed by atoms with E-state index in [1.54, 1.807) is 12.1 Å². The molecular formula is C18H13N3O4. The molecule has 3 aromatic rings. The second kappa shape index (κ2) is 6.79. The Bertz CT molecular complexity index is 956. The lowest BCUT2D eigenvalue weighted by Gasteiger charge is -2.07. The van der Waals surface area contributed by atoms with Crippen LogP contribution in [0.25, 0.3) is 11.1 Å². The molecule has 0 amide bonds. The number of aromatic hydroxyl groups is 2. The van der Waals surface area contributed by atoms with Crippen LogP contribution in [0.1, 0.15) is 0 Å². The lowest BCUT2D eigenvalue weighted by molar-refractivity contribution is -0.384. The third-order valence-corrected chi connectivity index (χ3v) is 3.53. The topological polar surface area (TPSA) is 108 Å². The van der Waals surface area contributed by atoms with E-state index >= 15 is 0 Å². The molecule has 7 nitrogen and oxygen atoms in total. The van der Waals surface area contributed by atoms with Crippen LogP contribution < -0.4 is 0 Å². The van der Waals surface area contributed by atoms with Crippen molar-refractivity contribution in [1.29, 1.82) is 0 Å². The van der Waals surface area contributed by atoms with E-state index < -0.39 is 4.92 Å². The molecule has 0 aliphatic carbocycles. The lowest BCUT2D eigenvalue weighted by atomic mass is 10.0. The molecule has 0 fully saturated rings. The molecule has 0 unspecified atom stereocenters. The SMILES string of the molecule is O=[N+]([O-])c1ccc(O)c(N=Nc2c(O)cccc2-c2ccccc2)c1. The van der Waals surface area contributed by atoms with Crippen molar-refractivity contribution in [3.8, 4) is 22.6 Å². The third-order valence-electron chi connectivity index (χ3n) is 3.53. The van der Waals surface area contributed by atoms with Crippen molar-refractivity contribution < 1.29 is 15.1 Å². The molecule has 7 heteroatoms. The van der Waals surface area contributed by atoms with E-state index in [9.17, 15) is 20.3 Å². The molecule has 0 radical (unpaired) electrons. The summed E-state index contributed by atoms with van der Waals surface area (Å²) >= 11 is 0. The second-order valence-electron chi connectivity index (χ2n) is 5.17. The number of benzene rings is 3. The Kier molecular flexibility index (Phi) is 4.38. The summed E-state index contributed by atoms with van der Waals surface area (Å²) in [6, 6.07) is 17.7. The Morgan fingerprint density at radius 3 is 2.32 bits per heavy atom. The first-order chi connectivity index (χ1) is 12.1. The zero-order valence-corrected chi connectivity index (χ0v) is 12.9. The molecule has 25 heavy (non-hydrogen) atoms. The maximum absolute atomic E-state index is 10.8. The summed E-state index contributed by atoms with van der Waals surface area (Å²) in [5.74, 6) is -0.332. The minimum Gasteiger partial charge on any atom is -0.506 e. The number of nitro benzene ring substituents is 1. The zero-order valence-electron chi connectivity index (χ0n) is 12.9. The van der Waals surface area contributed by atoms with Gasteiger partial charge in [-0.2, -0.15) is 0 Å². The summed E-state index contributed by atoms with van der Waals surface area (Å²) in [6.45, 7) is 0. The number of azo groups is 1. The molecule has 0 saturated heterocycles. The number of hydrogen-bond donors (Lipinski definition) is 2. The van der Waals surface area contributed by atoms with Gasteiger partial charge in [-0.1, -0.05) is 42.5 Å². The number of rotatable bonds is 4. The van der Waals surface area contributed by atoms with Crippen LogP contribution in [-0.2, 0) is 0 Å². The molecule has 0 atom stereocenters. The summed E-state index contributed by atoms with van der Waals surface area (Å²) in [5.41, 5.74) is 1.41. The maximum atomic E-state index is 10.8. The van der Waals surface area contributed by atoms with Crippen molar-refractivity contribution in [3.05, 3.63) is 76.8 Å². The Morgan fingerprint density at radius 1 is 0.840 bits per heavy atom. The number of hydrogen-bond acceptors (Lipinski definition) is 6. The van der Waals surface area contributed by atoms with Crippen molar-refractivity contribution in [2.75, 3.05) is 0 Å². The molecular weight excluding hydrogens is 322 g/mol. The Balaban J connectivity index is 2.06. The molecule has 0 aliphatic rings. The van der Waals surface area contributed by atoms with Gasteiger partial charge in [0.25, 0.3) is 5.69 Å². The monoisotopic (exact) mass is 335 g/mol. The fourth-order valence-electron chi connectivity index (χ4n) is 2.30. The molecule has 124 valence electrons. The molecule has 2 N–H and O–H groups in total. The molecule has 0 aromatic heterocycles. The fraction of sp³-hybridized carbons (Fsp3) is 0. The number of nitro groups is 1. The first-order valence-corrected chi connectivity index (χ1v) is 7.33. The van der Waals surface area contributed by atoms with Crippen LogP contribution in [-0.4, -0.2) is 15.1 Å². The van der Waals surface area contributed by atoms with E-state index in [0.717, 1.165) is 11.6 Å². The number of phenols is 2. The van der Waals surface area contributed by atoms with Crippen LogP contribution in [0.5, 0.6) is 11.5 Å². The van der Waals surface area contributed by atoms with Crippen LogP contribution in [0.3, 0.4) is 0 Å². The highest BCUT2D eigenvalue weighted by molar-refractivity contribution is 5.79. The van der Waals surface area contributed by atoms with Crippen molar-refractivity contribution in [3.63, 3.8) is 0 Å². The van der Waals surface area contributed by atoms with Crippen LogP contribution >= 0.6 is 0 Å². The van der Waals surface area contributed by atoms with Gasteiger partial charge >= 0.3 is 0 Å². The van der Waals surface area contributed by atoms with E-state index in [2.05, 4.69) is 10.2 Å². The Hall–Kier alpha value is -3.74. The minimum atomic E-state index is -0.589. The molecule has 0 bridgehead atoms. The number of phenolic OH excluding ortho intramolecular Hbond substituents is 2. The molecule has 0 heterocycles. The second-order valence-corrected chi connectivity index (χ2v) is 5.17. The van der Waals surface area contributed by atoms with Gasteiger partial charge in [0.15, 0.2) is 0 Å². The highest BCUT2D eigenvalue weighted by Crippen LogP contribution is 2.39. The quantitative estimate of drug-likeness (QED) is 0.393. The minimum absolute atomic E-state index is 0.0588. The van der Waals surface area contributed by atoms with Gasteiger partial charge in [0.05, 0.1) is 4.92 Å². The van der Waals surface area contributed by atoms with Crippen molar-refractivity contribution in [1.82, 2.24) is 0 Å². The van der Waals surface area contributed by atoms with Crippen LogP contribution in [0, 0.1) is 10.1 Å². The predicted molar refractivity (Wildman–Crippen MR) is 92.5 cm³/mol. The smallest absolute Gasteiger partial charge is 0.271 e. The van der Waals surface area contributed by atoms with Crippen molar-refractivity contribution in [2.45, 2.75) is 0 Å². The van der Waals surface area contributed by atoms with E-state index in [4.69, 9.17) is 0 Å². The fourth-order valence-corrected chi connectivity index (χ4v) is 2.30. The highest BCUT2D eigenvalue weighted by Gasteiger charge is 2.12. The van der Waals surface area contributed by atoms with Crippen LogP contribution in [0.15, 0.2) is 77.0 Å².